The maximum Gasteiger partial charge on any atom is 0.296 e. The van der Waals surface area contributed by atoms with Crippen LogP contribution in [0.5, 0.6) is 0 Å². The molecule has 2 aromatic rings. The van der Waals surface area contributed by atoms with E-state index in [1.807, 2.05) is 0 Å². The predicted molar refractivity (Wildman–Crippen MR) is 56.2 cm³/mol. The van der Waals surface area contributed by atoms with Crippen LogP contribution in [0.25, 0.3) is 11.3 Å². The molecule has 0 aliphatic carbocycles. The molecule has 6 nitrogen and oxygen atoms in total. The van der Waals surface area contributed by atoms with Crippen LogP contribution >= 0.6 is 15.9 Å². The van der Waals surface area contributed by atoms with Crippen LogP contribution in [0.3, 0.4) is 0 Å². The topological polar surface area (TPSA) is 84.7 Å². The molecule has 0 spiro atoms. The van der Waals surface area contributed by atoms with E-state index in [1.54, 1.807) is 6.20 Å². The zero-order valence-electron chi connectivity index (χ0n) is 7.35. The van der Waals surface area contributed by atoms with Crippen LogP contribution in [0.2, 0.25) is 0 Å². The summed E-state index contributed by atoms with van der Waals surface area (Å²) in [6.07, 6.45) is 4.56. The number of nitrogens with zero attached hydrogens (tertiary/aromatic N) is 3. The molecule has 0 aliphatic rings. The van der Waals surface area contributed by atoms with E-state index < -0.39 is 4.92 Å². The van der Waals surface area contributed by atoms with Crippen molar-refractivity contribution in [3.63, 3.8) is 0 Å². The Labute approximate surface area is 92.6 Å². The highest BCUT2D eigenvalue weighted by Crippen LogP contribution is 2.28. The van der Waals surface area contributed by atoms with E-state index in [0.29, 0.717) is 15.7 Å². The second kappa shape index (κ2) is 3.77. The van der Waals surface area contributed by atoms with Gasteiger partial charge in [0.25, 0.3) is 5.69 Å². The molecule has 0 radical (unpaired) electrons. The molecule has 0 saturated carbocycles. The standard InChI is InChI=1S/C8H5BrN4O2/c9-6-1-7(13(14)15)8(10-4-6)5-2-11-12-3-5/h1-4H,(H,11,12). The molecule has 7 heteroatoms. The van der Waals surface area contributed by atoms with E-state index in [9.17, 15) is 10.1 Å². The van der Waals surface area contributed by atoms with Crippen molar-refractivity contribution in [2.24, 2.45) is 0 Å². The first-order valence-corrected chi connectivity index (χ1v) is 4.77. The molecule has 0 aliphatic heterocycles. The summed E-state index contributed by atoms with van der Waals surface area (Å²) in [7, 11) is 0. The largest absolute Gasteiger partial charge is 0.296 e. The van der Waals surface area contributed by atoms with E-state index in [2.05, 4.69) is 31.1 Å². The van der Waals surface area contributed by atoms with Crippen molar-refractivity contribution in [1.82, 2.24) is 15.2 Å². The fourth-order valence-electron chi connectivity index (χ4n) is 1.17. The molecule has 0 bridgehead atoms. The molecule has 2 heterocycles. The molecule has 0 atom stereocenters. The Morgan fingerprint density at radius 1 is 1.47 bits per heavy atom. The number of rotatable bonds is 2. The number of halogens is 1. The zero-order chi connectivity index (χ0) is 10.8. The van der Waals surface area contributed by atoms with Crippen LogP contribution in [0, 0.1) is 10.1 Å². The van der Waals surface area contributed by atoms with Crippen molar-refractivity contribution < 1.29 is 4.92 Å². The summed E-state index contributed by atoms with van der Waals surface area (Å²) in [6.45, 7) is 0. The summed E-state index contributed by atoms with van der Waals surface area (Å²) in [5.74, 6) is 0. The molecule has 0 saturated heterocycles. The number of aromatic nitrogens is 3. The molecule has 1 N–H and O–H groups in total. The highest BCUT2D eigenvalue weighted by atomic mass is 79.9. The molecule has 0 fully saturated rings. The van der Waals surface area contributed by atoms with Gasteiger partial charge in [-0.1, -0.05) is 0 Å². The van der Waals surface area contributed by atoms with Gasteiger partial charge in [-0.15, -0.1) is 0 Å². The molecular formula is C8H5BrN4O2. The molecule has 0 amide bonds. The van der Waals surface area contributed by atoms with Crippen LogP contribution in [0.1, 0.15) is 0 Å². The second-order valence-electron chi connectivity index (χ2n) is 2.77. The Bertz CT molecular complexity index is 497. The summed E-state index contributed by atoms with van der Waals surface area (Å²) in [6, 6.07) is 1.41. The minimum atomic E-state index is -0.472. The maximum atomic E-state index is 10.8. The van der Waals surface area contributed by atoms with Crippen LogP contribution in [-0.4, -0.2) is 20.1 Å². The zero-order valence-corrected chi connectivity index (χ0v) is 8.93. The van der Waals surface area contributed by atoms with E-state index in [1.165, 1.54) is 18.5 Å². The summed E-state index contributed by atoms with van der Waals surface area (Å²) in [5.41, 5.74) is 0.844. The Morgan fingerprint density at radius 3 is 2.87 bits per heavy atom. The number of nitrogens with one attached hydrogen (secondary N) is 1. The van der Waals surface area contributed by atoms with Gasteiger partial charge in [-0.25, -0.2) is 4.98 Å². The molecule has 76 valence electrons. The minimum Gasteiger partial charge on any atom is -0.285 e. The number of hydrogen-bond donors (Lipinski definition) is 1. The van der Waals surface area contributed by atoms with E-state index in [4.69, 9.17) is 0 Å². The third-order valence-electron chi connectivity index (χ3n) is 1.80. The van der Waals surface area contributed by atoms with Crippen molar-refractivity contribution in [1.29, 1.82) is 0 Å². The van der Waals surface area contributed by atoms with Crippen molar-refractivity contribution in [2.75, 3.05) is 0 Å². The average molecular weight is 269 g/mol. The van der Waals surface area contributed by atoms with Gasteiger partial charge in [-0.2, -0.15) is 5.10 Å². The van der Waals surface area contributed by atoms with Gasteiger partial charge < -0.3 is 0 Å². The number of hydrogen-bond acceptors (Lipinski definition) is 4. The van der Waals surface area contributed by atoms with Gasteiger partial charge in [0.2, 0.25) is 0 Å². The lowest BCUT2D eigenvalue weighted by Gasteiger charge is -1.98. The van der Waals surface area contributed by atoms with E-state index in [-0.39, 0.29) is 5.69 Å². The average Bonchev–Trinajstić information content (AvgIpc) is 2.70. The first kappa shape index (κ1) is 9.78. The van der Waals surface area contributed by atoms with Gasteiger partial charge in [0.05, 0.1) is 11.1 Å². The van der Waals surface area contributed by atoms with Gasteiger partial charge in [0.15, 0.2) is 5.69 Å². The van der Waals surface area contributed by atoms with Gasteiger partial charge in [0.1, 0.15) is 0 Å². The van der Waals surface area contributed by atoms with Crippen LogP contribution < -0.4 is 0 Å². The predicted octanol–water partition coefficient (Wildman–Crippen LogP) is 2.14. The maximum absolute atomic E-state index is 10.8. The van der Waals surface area contributed by atoms with E-state index in [0.717, 1.165) is 0 Å². The summed E-state index contributed by atoms with van der Waals surface area (Å²) < 4.78 is 0.571. The molecule has 2 aromatic heterocycles. The Morgan fingerprint density at radius 2 is 2.27 bits per heavy atom. The Balaban J connectivity index is 2.61. The number of nitro groups is 1. The third-order valence-corrected chi connectivity index (χ3v) is 2.24. The molecule has 2 rings (SSSR count). The van der Waals surface area contributed by atoms with E-state index >= 15 is 0 Å². The molecule has 0 aromatic carbocycles. The summed E-state index contributed by atoms with van der Waals surface area (Å²) in [5, 5.41) is 17.1. The van der Waals surface area contributed by atoms with Gasteiger partial charge in [0, 0.05) is 28.5 Å². The lowest BCUT2D eigenvalue weighted by Crippen LogP contribution is -1.94. The summed E-state index contributed by atoms with van der Waals surface area (Å²) >= 11 is 3.14. The number of aromatic amines is 1. The number of H-pyrrole nitrogens is 1. The quantitative estimate of drug-likeness (QED) is 0.668. The lowest BCUT2D eigenvalue weighted by molar-refractivity contribution is -0.384. The van der Waals surface area contributed by atoms with Crippen LogP contribution in [0.4, 0.5) is 5.69 Å². The molecule has 0 unspecified atom stereocenters. The minimum absolute atomic E-state index is 0.0502. The Kier molecular flexibility index (Phi) is 2.46. The second-order valence-corrected chi connectivity index (χ2v) is 3.68. The number of pyridine rings is 1. The third kappa shape index (κ3) is 1.86. The van der Waals surface area contributed by atoms with Crippen molar-refractivity contribution in [3.8, 4) is 11.3 Å². The highest BCUT2D eigenvalue weighted by Gasteiger charge is 2.17. The van der Waals surface area contributed by atoms with Gasteiger partial charge in [-0.05, 0) is 15.9 Å². The SMILES string of the molecule is O=[N+]([O-])c1cc(Br)cnc1-c1cn[nH]c1. The van der Waals surface area contributed by atoms with Gasteiger partial charge >= 0.3 is 0 Å². The monoisotopic (exact) mass is 268 g/mol. The Hall–Kier alpha value is -1.76. The van der Waals surface area contributed by atoms with Crippen molar-refractivity contribution >= 4 is 21.6 Å². The van der Waals surface area contributed by atoms with Crippen LogP contribution in [0.15, 0.2) is 29.1 Å². The van der Waals surface area contributed by atoms with Crippen molar-refractivity contribution in [3.05, 3.63) is 39.2 Å². The van der Waals surface area contributed by atoms with Crippen LogP contribution in [-0.2, 0) is 0 Å². The first-order chi connectivity index (χ1) is 7.18. The molecule has 15 heavy (non-hydrogen) atoms. The fourth-order valence-corrected chi connectivity index (χ4v) is 1.49. The fraction of sp³-hybridized carbons (Fsp3) is 0. The smallest absolute Gasteiger partial charge is 0.285 e. The molecular weight excluding hydrogens is 264 g/mol. The lowest BCUT2D eigenvalue weighted by atomic mass is 10.2. The van der Waals surface area contributed by atoms with Gasteiger partial charge in [-0.3, -0.25) is 15.2 Å². The first-order valence-electron chi connectivity index (χ1n) is 3.97. The summed E-state index contributed by atoms with van der Waals surface area (Å²) in [4.78, 5) is 14.3. The normalized spacial score (nSPS) is 10.2. The highest BCUT2D eigenvalue weighted by molar-refractivity contribution is 9.10. The van der Waals surface area contributed by atoms with Crippen molar-refractivity contribution in [2.45, 2.75) is 0 Å².